The van der Waals surface area contributed by atoms with Gasteiger partial charge in [-0.25, -0.2) is 4.98 Å². The van der Waals surface area contributed by atoms with Crippen LogP contribution < -0.4 is 10.6 Å². The van der Waals surface area contributed by atoms with E-state index in [1.165, 1.54) is 0 Å². The molecule has 0 saturated carbocycles. The maximum Gasteiger partial charge on any atom is 0.144 e. The van der Waals surface area contributed by atoms with Gasteiger partial charge in [-0.1, -0.05) is 6.07 Å². The van der Waals surface area contributed by atoms with Crippen LogP contribution in [0, 0.1) is 0 Å². The lowest BCUT2D eigenvalue weighted by Gasteiger charge is -2.23. The normalized spacial score (nSPS) is 15.2. The van der Waals surface area contributed by atoms with E-state index in [9.17, 15) is 5.11 Å². The van der Waals surface area contributed by atoms with Crippen molar-refractivity contribution in [3.05, 3.63) is 43.0 Å². The number of phenolic OH excluding ortho intramolecular Hbond substituents is 1. The van der Waals surface area contributed by atoms with Gasteiger partial charge >= 0.3 is 0 Å². The molecule has 0 amide bonds. The van der Waals surface area contributed by atoms with Gasteiger partial charge in [0.1, 0.15) is 11.6 Å². The van der Waals surface area contributed by atoms with Gasteiger partial charge in [0, 0.05) is 23.4 Å². The van der Waals surface area contributed by atoms with Crippen molar-refractivity contribution in [2.24, 2.45) is 0 Å². The van der Waals surface area contributed by atoms with Crippen molar-refractivity contribution < 1.29 is 5.11 Å². The Morgan fingerprint density at radius 3 is 2.60 bits per heavy atom. The third-order valence-electron chi connectivity index (χ3n) is 4.45. The van der Waals surface area contributed by atoms with Crippen molar-refractivity contribution in [1.29, 1.82) is 0 Å². The van der Waals surface area contributed by atoms with Crippen molar-refractivity contribution in [3.63, 3.8) is 0 Å². The SMILES string of the molecule is Oc1cc(-c2cn[nH]c2)ccc1-c1cnc(NC2CCNCC2)cn1. The first-order chi connectivity index (χ1) is 12.3. The second kappa shape index (κ2) is 6.90. The molecule has 1 aliphatic rings. The molecule has 0 atom stereocenters. The zero-order valence-corrected chi connectivity index (χ0v) is 13.7. The zero-order chi connectivity index (χ0) is 17.1. The predicted molar refractivity (Wildman–Crippen MR) is 96.2 cm³/mol. The second-order valence-electron chi connectivity index (χ2n) is 6.17. The molecule has 0 radical (unpaired) electrons. The van der Waals surface area contributed by atoms with E-state index in [-0.39, 0.29) is 5.75 Å². The highest BCUT2D eigenvalue weighted by Gasteiger charge is 2.14. The van der Waals surface area contributed by atoms with Gasteiger partial charge < -0.3 is 15.7 Å². The van der Waals surface area contributed by atoms with Gasteiger partial charge in [-0.15, -0.1) is 0 Å². The maximum absolute atomic E-state index is 10.4. The summed E-state index contributed by atoms with van der Waals surface area (Å²) < 4.78 is 0. The van der Waals surface area contributed by atoms with E-state index < -0.39 is 0 Å². The first-order valence-corrected chi connectivity index (χ1v) is 8.41. The molecule has 4 N–H and O–H groups in total. The molecule has 3 heterocycles. The van der Waals surface area contributed by atoms with Crippen LogP contribution >= 0.6 is 0 Å². The number of piperidine rings is 1. The van der Waals surface area contributed by atoms with E-state index in [1.54, 1.807) is 30.9 Å². The molecule has 4 rings (SSSR count). The third-order valence-corrected chi connectivity index (χ3v) is 4.45. The minimum Gasteiger partial charge on any atom is -0.507 e. The lowest BCUT2D eigenvalue weighted by atomic mass is 10.0. The van der Waals surface area contributed by atoms with Gasteiger partial charge in [0.15, 0.2) is 0 Å². The lowest BCUT2D eigenvalue weighted by molar-refractivity contribution is 0.477. The summed E-state index contributed by atoms with van der Waals surface area (Å²) in [7, 11) is 0. The summed E-state index contributed by atoms with van der Waals surface area (Å²) in [5, 5.41) is 23.8. The van der Waals surface area contributed by atoms with Crippen LogP contribution in [0.3, 0.4) is 0 Å². The van der Waals surface area contributed by atoms with Gasteiger partial charge in [-0.3, -0.25) is 10.1 Å². The summed E-state index contributed by atoms with van der Waals surface area (Å²) >= 11 is 0. The van der Waals surface area contributed by atoms with Crippen LogP contribution in [0.5, 0.6) is 5.75 Å². The number of nitrogens with one attached hydrogen (secondary N) is 3. The monoisotopic (exact) mass is 336 g/mol. The molecular formula is C18H20N6O. The topological polar surface area (TPSA) is 98.8 Å². The molecular weight excluding hydrogens is 316 g/mol. The van der Waals surface area contributed by atoms with Crippen molar-refractivity contribution in [1.82, 2.24) is 25.5 Å². The molecule has 0 bridgehead atoms. The average molecular weight is 336 g/mol. The van der Waals surface area contributed by atoms with Gasteiger partial charge in [-0.05, 0) is 43.6 Å². The average Bonchev–Trinajstić information content (AvgIpc) is 3.18. The molecule has 1 aliphatic heterocycles. The van der Waals surface area contributed by atoms with Crippen LogP contribution in [-0.2, 0) is 0 Å². The summed E-state index contributed by atoms with van der Waals surface area (Å²) in [6, 6.07) is 5.93. The Balaban J connectivity index is 1.51. The van der Waals surface area contributed by atoms with Crippen molar-refractivity contribution >= 4 is 5.82 Å². The number of phenols is 1. The van der Waals surface area contributed by atoms with E-state index in [0.717, 1.165) is 42.9 Å². The Morgan fingerprint density at radius 2 is 1.92 bits per heavy atom. The minimum absolute atomic E-state index is 0.173. The Kier molecular flexibility index (Phi) is 4.30. The molecule has 2 aromatic heterocycles. The number of benzene rings is 1. The number of hydrogen-bond acceptors (Lipinski definition) is 6. The number of H-pyrrole nitrogens is 1. The van der Waals surface area contributed by atoms with E-state index in [2.05, 4.69) is 30.8 Å². The number of anilines is 1. The number of rotatable bonds is 4. The van der Waals surface area contributed by atoms with Crippen LogP contribution in [0.25, 0.3) is 22.4 Å². The molecule has 7 heteroatoms. The smallest absolute Gasteiger partial charge is 0.144 e. The molecule has 3 aromatic rings. The second-order valence-corrected chi connectivity index (χ2v) is 6.17. The summed E-state index contributed by atoms with van der Waals surface area (Å²) in [6.45, 7) is 2.06. The van der Waals surface area contributed by atoms with E-state index in [0.29, 0.717) is 17.3 Å². The number of hydrogen-bond donors (Lipinski definition) is 4. The summed E-state index contributed by atoms with van der Waals surface area (Å²) in [4.78, 5) is 8.89. The lowest BCUT2D eigenvalue weighted by Crippen LogP contribution is -2.35. The fourth-order valence-electron chi connectivity index (χ4n) is 3.05. The first-order valence-electron chi connectivity index (χ1n) is 8.41. The van der Waals surface area contributed by atoms with Crippen molar-refractivity contribution in [2.45, 2.75) is 18.9 Å². The minimum atomic E-state index is 0.173. The molecule has 1 fully saturated rings. The fourth-order valence-corrected chi connectivity index (χ4v) is 3.05. The Morgan fingerprint density at radius 1 is 1.04 bits per heavy atom. The molecule has 1 aromatic carbocycles. The van der Waals surface area contributed by atoms with Crippen LogP contribution in [-0.4, -0.2) is 44.4 Å². The number of aromatic hydroxyl groups is 1. The van der Waals surface area contributed by atoms with Crippen molar-refractivity contribution in [2.75, 3.05) is 18.4 Å². The molecule has 0 aliphatic carbocycles. The van der Waals surface area contributed by atoms with E-state index in [1.807, 2.05) is 12.1 Å². The highest BCUT2D eigenvalue weighted by atomic mass is 16.3. The van der Waals surface area contributed by atoms with Crippen LogP contribution in [0.4, 0.5) is 5.82 Å². The van der Waals surface area contributed by atoms with Crippen LogP contribution in [0.15, 0.2) is 43.0 Å². The van der Waals surface area contributed by atoms with Gasteiger partial charge in [0.25, 0.3) is 0 Å². The van der Waals surface area contributed by atoms with Crippen LogP contribution in [0.1, 0.15) is 12.8 Å². The van der Waals surface area contributed by atoms with Gasteiger partial charge in [0.05, 0.1) is 24.3 Å². The van der Waals surface area contributed by atoms with Gasteiger partial charge in [0.2, 0.25) is 0 Å². The van der Waals surface area contributed by atoms with E-state index >= 15 is 0 Å². The Hall–Kier alpha value is -2.93. The standard InChI is InChI=1S/C18H20N6O/c25-17-7-12(13-8-22-23-9-13)1-2-15(17)16-10-21-18(11-20-16)24-14-3-5-19-6-4-14/h1-2,7-11,14,19,25H,3-6H2,(H,21,24)(H,22,23). The summed E-state index contributed by atoms with van der Waals surface area (Å²) in [6.07, 6.45) is 9.08. The van der Waals surface area contributed by atoms with Crippen LogP contribution in [0.2, 0.25) is 0 Å². The number of aromatic nitrogens is 4. The van der Waals surface area contributed by atoms with Gasteiger partial charge in [-0.2, -0.15) is 5.10 Å². The zero-order valence-electron chi connectivity index (χ0n) is 13.7. The maximum atomic E-state index is 10.4. The molecule has 7 nitrogen and oxygen atoms in total. The van der Waals surface area contributed by atoms with Crippen molar-refractivity contribution in [3.8, 4) is 28.1 Å². The molecule has 128 valence electrons. The molecule has 0 spiro atoms. The fraction of sp³-hybridized carbons (Fsp3) is 0.278. The number of nitrogens with zero attached hydrogens (tertiary/aromatic N) is 3. The largest absolute Gasteiger partial charge is 0.507 e. The quantitative estimate of drug-likeness (QED) is 0.584. The predicted octanol–water partition coefficient (Wildman–Crippen LogP) is 2.40. The summed E-state index contributed by atoms with van der Waals surface area (Å²) in [5.41, 5.74) is 3.13. The highest BCUT2D eigenvalue weighted by molar-refractivity contribution is 5.73. The third kappa shape index (κ3) is 3.46. The van der Waals surface area contributed by atoms with E-state index in [4.69, 9.17) is 0 Å². The highest BCUT2D eigenvalue weighted by Crippen LogP contribution is 2.32. The molecule has 0 unspecified atom stereocenters. The Bertz CT molecular complexity index is 825. The summed E-state index contributed by atoms with van der Waals surface area (Å²) in [5.74, 6) is 0.942. The molecule has 25 heavy (non-hydrogen) atoms. The molecule has 1 saturated heterocycles. The Labute approximate surface area is 145 Å². The first kappa shape index (κ1) is 15.6. The number of aromatic amines is 1.